The number of thiophene rings is 1. The number of aromatic nitrogens is 1. The average molecular weight is 349 g/mol. The van der Waals surface area contributed by atoms with Gasteiger partial charge in [0.05, 0.1) is 17.6 Å². The highest BCUT2D eigenvalue weighted by Gasteiger charge is 2.52. The molecule has 5 rings (SSSR count). The van der Waals surface area contributed by atoms with Crippen molar-refractivity contribution < 1.29 is 9.90 Å². The summed E-state index contributed by atoms with van der Waals surface area (Å²) in [6.07, 6.45) is 2.11. The van der Waals surface area contributed by atoms with Crippen LogP contribution in [0.2, 0.25) is 0 Å². The lowest BCUT2D eigenvalue weighted by molar-refractivity contribution is 0.0602. The van der Waals surface area contributed by atoms with Gasteiger partial charge in [-0.1, -0.05) is 11.6 Å². The van der Waals surface area contributed by atoms with Gasteiger partial charge in [0.2, 0.25) is 5.78 Å². The Morgan fingerprint density at radius 2 is 2.16 bits per heavy atom. The predicted octanol–water partition coefficient (Wildman–Crippen LogP) is 3.47. The monoisotopic (exact) mass is 349 g/mol. The van der Waals surface area contributed by atoms with E-state index in [4.69, 9.17) is 0 Å². The second kappa shape index (κ2) is 4.97. The summed E-state index contributed by atoms with van der Waals surface area (Å²) in [7, 11) is 0. The zero-order chi connectivity index (χ0) is 17.2. The van der Waals surface area contributed by atoms with E-state index in [-0.39, 0.29) is 5.78 Å². The first-order valence-corrected chi connectivity index (χ1v) is 9.02. The van der Waals surface area contributed by atoms with Gasteiger partial charge in [-0.25, -0.2) is 9.98 Å². The minimum atomic E-state index is -1.55. The summed E-state index contributed by atoms with van der Waals surface area (Å²) < 4.78 is 0. The van der Waals surface area contributed by atoms with Crippen molar-refractivity contribution in [3.63, 3.8) is 0 Å². The molecule has 0 aliphatic carbocycles. The molecule has 6 heteroatoms. The number of aliphatic imine (C=N–C) groups is 1. The van der Waals surface area contributed by atoms with Crippen molar-refractivity contribution in [2.45, 2.75) is 18.9 Å². The standard InChI is InChI=1S/C19H15N3O2S/c1-11-2-3-15-14(8-11)16(23)19(24)5-6-22(18(19)21-15)13-9-12-4-7-25-17(12)20-10-13/h2-4,7-10,24H,5-6H2,1H3/t19-/m1/s1. The van der Waals surface area contributed by atoms with Crippen LogP contribution in [0.3, 0.4) is 0 Å². The van der Waals surface area contributed by atoms with Gasteiger partial charge in [-0.05, 0) is 36.6 Å². The maximum Gasteiger partial charge on any atom is 0.204 e. The molecule has 2 aromatic heterocycles. The molecule has 0 radical (unpaired) electrons. The van der Waals surface area contributed by atoms with Gasteiger partial charge in [0.1, 0.15) is 10.7 Å². The van der Waals surface area contributed by atoms with E-state index in [2.05, 4.69) is 9.98 Å². The molecule has 4 heterocycles. The number of hydrogen-bond donors (Lipinski definition) is 1. The first-order valence-electron chi connectivity index (χ1n) is 8.14. The molecule has 25 heavy (non-hydrogen) atoms. The summed E-state index contributed by atoms with van der Waals surface area (Å²) in [4.78, 5) is 24.9. The number of carbonyl (C=O) groups is 1. The Morgan fingerprint density at radius 1 is 1.28 bits per heavy atom. The summed E-state index contributed by atoms with van der Waals surface area (Å²) in [6.45, 7) is 2.46. The Balaban J connectivity index is 1.67. The van der Waals surface area contributed by atoms with Crippen LogP contribution in [0.4, 0.5) is 11.4 Å². The molecular formula is C19H15N3O2S. The fraction of sp³-hybridized carbons (Fsp3) is 0.211. The number of carbonyl (C=O) groups excluding carboxylic acids is 1. The van der Waals surface area contributed by atoms with Crippen molar-refractivity contribution >= 4 is 44.5 Å². The van der Waals surface area contributed by atoms with Gasteiger partial charge in [-0.3, -0.25) is 4.79 Å². The largest absolute Gasteiger partial charge is 0.374 e. The summed E-state index contributed by atoms with van der Waals surface area (Å²) in [6, 6.07) is 9.62. The molecule has 1 fully saturated rings. The molecule has 3 aromatic rings. The third-order valence-corrected chi connectivity index (χ3v) is 5.76. The second-order valence-electron chi connectivity index (χ2n) is 6.56. The van der Waals surface area contributed by atoms with Crippen LogP contribution < -0.4 is 4.90 Å². The van der Waals surface area contributed by atoms with Gasteiger partial charge in [0, 0.05) is 23.9 Å². The minimum Gasteiger partial charge on any atom is -0.374 e. The molecule has 1 saturated heterocycles. The molecule has 1 N–H and O–H groups in total. The van der Waals surface area contributed by atoms with E-state index in [1.165, 1.54) is 0 Å². The number of Topliss-reactive ketones (excluding diaryl/α,β-unsaturated/α-hetero) is 1. The normalized spacial score (nSPS) is 22.1. The molecule has 0 bridgehead atoms. The molecule has 1 aromatic carbocycles. The van der Waals surface area contributed by atoms with Crippen molar-refractivity contribution in [1.29, 1.82) is 0 Å². The van der Waals surface area contributed by atoms with Gasteiger partial charge < -0.3 is 10.0 Å². The minimum absolute atomic E-state index is 0.261. The zero-order valence-corrected chi connectivity index (χ0v) is 14.4. The third-order valence-electron chi connectivity index (χ3n) is 4.92. The third kappa shape index (κ3) is 2.01. The molecule has 0 amide bonds. The molecule has 5 nitrogen and oxygen atoms in total. The van der Waals surface area contributed by atoms with Crippen LogP contribution in [-0.2, 0) is 0 Å². The van der Waals surface area contributed by atoms with E-state index < -0.39 is 5.60 Å². The fourth-order valence-electron chi connectivity index (χ4n) is 3.59. The summed E-state index contributed by atoms with van der Waals surface area (Å²) in [5.74, 6) is 0.147. The molecule has 2 aliphatic rings. The lowest BCUT2D eigenvalue weighted by Gasteiger charge is -2.29. The molecule has 2 aliphatic heterocycles. The van der Waals surface area contributed by atoms with Crippen molar-refractivity contribution in [2.24, 2.45) is 4.99 Å². The molecule has 124 valence electrons. The summed E-state index contributed by atoms with van der Waals surface area (Å²) in [5, 5.41) is 14.1. The summed E-state index contributed by atoms with van der Waals surface area (Å²) >= 11 is 1.59. The van der Waals surface area contributed by atoms with Crippen molar-refractivity contribution in [3.05, 3.63) is 53.0 Å². The van der Waals surface area contributed by atoms with Gasteiger partial charge >= 0.3 is 0 Å². The first-order chi connectivity index (χ1) is 12.1. The van der Waals surface area contributed by atoms with Crippen LogP contribution in [0.1, 0.15) is 22.3 Å². The topological polar surface area (TPSA) is 65.8 Å². The van der Waals surface area contributed by atoms with Crippen LogP contribution in [0.25, 0.3) is 10.2 Å². The number of hydrogen-bond acceptors (Lipinski definition) is 6. The van der Waals surface area contributed by atoms with Gasteiger partial charge in [-0.15, -0.1) is 11.3 Å². The zero-order valence-electron chi connectivity index (χ0n) is 13.6. The highest BCUT2D eigenvalue weighted by molar-refractivity contribution is 7.16. The Labute approximate surface area is 148 Å². The number of fused-ring (bicyclic) bond motifs is 3. The molecule has 1 atom stereocenters. The number of rotatable bonds is 1. The number of benzene rings is 1. The first kappa shape index (κ1) is 14.7. The fourth-order valence-corrected chi connectivity index (χ4v) is 4.32. The number of ketones is 1. The Bertz CT molecular complexity index is 1070. The van der Waals surface area contributed by atoms with E-state index >= 15 is 0 Å². The molecule has 0 saturated carbocycles. The highest BCUT2D eigenvalue weighted by Crippen LogP contribution is 2.40. The van der Waals surface area contributed by atoms with Crippen molar-refractivity contribution in [3.8, 4) is 0 Å². The predicted molar refractivity (Wildman–Crippen MR) is 99.1 cm³/mol. The number of pyridine rings is 1. The van der Waals surface area contributed by atoms with E-state index in [0.717, 1.165) is 21.5 Å². The lowest BCUT2D eigenvalue weighted by atomic mass is 9.87. The van der Waals surface area contributed by atoms with Crippen molar-refractivity contribution in [1.82, 2.24) is 4.98 Å². The SMILES string of the molecule is Cc1ccc2c(c1)C(=O)[C@]1(O)CCN(c3cnc4sccc4c3)C1=N2. The van der Waals surface area contributed by atoms with Crippen LogP contribution in [0.15, 0.2) is 46.9 Å². The Hall–Kier alpha value is -2.57. The van der Waals surface area contributed by atoms with Gasteiger partial charge in [0.25, 0.3) is 0 Å². The number of anilines is 1. The van der Waals surface area contributed by atoms with Crippen LogP contribution >= 0.6 is 11.3 Å². The van der Waals surface area contributed by atoms with Gasteiger partial charge in [-0.2, -0.15) is 0 Å². The van der Waals surface area contributed by atoms with E-state index in [1.54, 1.807) is 23.6 Å². The quantitative estimate of drug-likeness (QED) is 0.730. The average Bonchev–Trinajstić information content (AvgIpc) is 3.20. The molecule has 0 unspecified atom stereocenters. The Kier molecular flexibility index (Phi) is 2.93. The van der Waals surface area contributed by atoms with Gasteiger partial charge in [0.15, 0.2) is 5.60 Å². The van der Waals surface area contributed by atoms with Crippen LogP contribution in [-0.4, -0.2) is 33.9 Å². The maximum absolute atomic E-state index is 12.9. The van der Waals surface area contributed by atoms with Crippen molar-refractivity contribution in [2.75, 3.05) is 11.4 Å². The second-order valence-corrected chi connectivity index (χ2v) is 7.45. The van der Waals surface area contributed by atoms with E-state index in [9.17, 15) is 9.90 Å². The Morgan fingerprint density at radius 3 is 3.04 bits per heavy atom. The molecular weight excluding hydrogens is 334 g/mol. The summed E-state index contributed by atoms with van der Waals surface area (Å²) in [5.41, 5.74) is 1.40. The number of aliphatic hydroxyl groups is 1. The molecule has 0 spiro atoms. The van der Waals surface area contributed by atoms with E-state index in [1.807, 2.05) is 41.5 Å². The number of amidine groups is 1. The highest BCUT2D eigenvalue weighted by atomic mass is 32.1. The van der Waals surface area contributed by atoms with Crippen LogP contribution in [0.5, 0.6) is 0 Å². The van der Waals surface area contributed by atoms with Crippen LogP contribution in [0, 0.1) is 6.92 Å². The van der Waals surface area contributed by atoms with E-state index in [0.29, 0.717) is 30.1 Å². The number of nitrogens with zero attached hydrogens (tertiary/aromatic N) is 3. The smallest absolute Gasteiger partial charge is 0.204 e. The maximum atomic E-state index is 12.9. The lowest BCUT2D eigenvalue weighted by Crippen LogP contribution is -2.48. The number of aryl methyl sites for hydroxylation is 1.